The van der Waals surface area contributed by atoms with E-state index in [9.17, 15) is 9.59 Å². The summed E-state index contributed by atoms with van der Waals surface area (Å²) in [6, 6.07) is 14.6. The zero-order chi connectivity index (χ0) is 19.1. The van der Waals surface area contributed by atoms with Crippen molar-refractivity contribution in [2.24, 2.45) is 0 Å². The third-order valence-electron chi connectivity index (χ3n) is 3.72. The van der Waals surface area contributed by atoms with E-state index in [1.54, 1.807) is 24.1 Å². The Morgan fingerprint density at radius 1 is 1.08 bits per heavy atom. The molecule has 0 aromatic heterocycles. The number of amides is 2. The maximum atomic E-state index is 12.2. The molecule has 0 radical (unpaired) electrons. The summed E-state index contributed by atoms with van der Waals surface area (Å²) < 4.78 is 0.811. The van der Waals surface area contributed by atoms with Crippen LogP contribution >= 0.6 is 27.5 Å². The summed E-state index contributed by atoms with van der Waals surface area (Å²) >= 11 is 9.26. The smallest absolute Gasteiger partial charge is 0.238 e. The van der Waals surface area contributed by atoms with E-state index in [1.807, 2.05) is 43.3 Å². The van der Waals surface area contributed by atoms with Crippen LogP contribution in [0.5, 0.6) is 0 Å². The molecule has 1 unspecified atom stereocenters. The summed E-state index contributed by atoms with van der Waals surface area (Å²) in [5.41, 5.74) is 1.67. The summed E-state index contributed by atoms with van der Waals surface area (Å²) in [6.45, 7) is 2.15. The van der Waals surface area contributed by atoms with Crippen LogP contribution in [0.2, 0.25) is 5.02 Å². The van der Waals surface area contributed by atoms with E-state index in [4.69, 9.17) is 11.6 Å². The first-order valence-corrected chi connectivity index (χ1v) is 9.30. The van der Waals surface area contributed by atoms with E-state index in [0.29, 0.717) is 10.7 Å². The second-order valence-electron chi connectivity index (χ2n) is 6.04. The number of rotatable bonds is 7. The predicted molar refractivity (Wildman–Crippen MR) is 108 cm³/mol. The van der Waals surface area contributed by atoms with Gasteiger partial charge in [-0.3, -0.25) is 14.5 Å². The number of carbonyl (C=O) groups is 2. The number of halogens is 2. The number of benzene rings is 2. The van der Waals surface area contributed by atoms with Gasteiger partial charge in [0.15, 0.2) is 0 Å². The minimum Gasteiger partial charge on any atom is -0.348 e. The average molecular weight is 439 g/mol. The van der Waals surface area contributed by atoms with Gasteiger partial charge in [-0.1, -0.05) is 35.9 Å². The van der Waals surface area contributed by atoms with Gasteiger partial charge in [-0.15, -0.1) is 0 Å². The molecular weight excluding hydrogens is 418 g/mol. The van der Waals surface area contributed by atoms with E-state index in [2.05, 4.69) is 26.6 Å². The SMILES string of the molecule is CC(NC(=O)CN(C)CC(=O)Nc1ccccc1Br)c1ccc(Cl)cc1. The molecule has 7 heteroatoms. The van der Waals surface area contributed by atoms with Crippen LogP contribution in [0.15, 0.2) is 53.0 Å². The highest BCUT2D eigenvalue weighted by Crippen LogP contribution is 2.21. The number of carbonyl (C=O) groups excluding carboxylic acids is 2. The van der Waals surface area contributed by atoms with Gasteiger partial charge in [0, 0.05) is 9.50 Å². The van der Waals surface area contributed by atoms with Gasteiger partial charge in [0.25, 0.3) is 0 Å². The molecule has 2 amide bonds. The molecule has 26 heavy (non-hydrogen) atoms. The maximum absolute atomic E-state index is 12.2. The Morgan fingerprint density at radius 3 is 2.35 bits per heavy atom. The van der Waals surface area contributed by atoms with Crippen molar-refractivity contribution >= 4 is 45.0 Å². The summed E-state index contributed by atoms with van der Waals surface area (Å²) in [5, 5.41) is 6.39. The monoisotopic (exact) mass is 437 g/mol. The van der Waals surface area contributed by atoms with Gasteiger partial charge in [0.1, 0.15) is 0 Å². The quantitative estimate of drug-likeness (QED) is 0.690. The topological polar surface area (TPSA) is 61.4 Å². The van der Waals surface area contributed by atoms with Crippen molar-refractivity contribution in [2.75, 3.05) is 25.5 Å². The highest BCUT2D eigenvalue weighted by atomic mass is 79.9. The third kappa shape index (κ3) is 6.44. The highest BCUT2D eigenvalue weighted by molar-refractivity contribution is 9.10. The van der Waals surface area contributed by atoms with Gasteiger partial charge in [-0.05, 0) is 59.7 Å². The van der Waals surface area contributed by atoms with Crippen LogP contribution in [0.1, 0.15) is 18.5 Å². The fourth-order valence-electron chi connectivity index (χ4n) is 2.42. The molecule has 0 saturated heterocycles. The Balaban J connectivity index is 1.80. The number of hydrogen-bond donors (Lipinski definition) is 2. The van der Waals surface area contributed by atoms with Crippen molar-refractivity contribution in [3.8, 4) is 0 Å². The van der Waals surface area contributed by atoms with Crippen molar-refractivity contribution < 1.29 is 9.59 Å². The highest BCUT2D eigenvalue weighted by Gasteiger charge is 2.14. The molecule has 2 rings (SSSR count). The van der Waals surface area contributed by atoms with E-state index in [-0.39, 0.29) is 30.9 Å². The lowest BCUT2D eigenvalue weighted by Crippen LogP contribution is -2.39. The normalized spacial score (nSPS) is 11.9. The summed E-state index contributed by atoms with van der Waals surface area (Å²) in [4.78, 5) is 26.0. The van der Waals surface area contributed by atoms with Crippen molar-refractivity contribution in [1.29, 1.82) is 0 Å². The first-order chi connectivity index (χ1) is 12.3. The lowest BCUT2D eigenvalue weighted by atomic mass is 10.1. The number of likely N-dealkylation sites (N-methyl/N-ethyl adjacent to an activating group) is 1. The van der Waals surface area contributed by atoms with E-state index in [0.717, 1.165) is 10.0 Å². The molecule has 2 aromatic rings. The Labute approximate surface area is 166 Å². The largest absolute Gasteiger partial charge is 0.348 e. The minimum atomic E-state index is -0.182. The zero-order valence-electron chi connectivity index (χ0n) is 14.6. The first kappa shape index (κ1) is 20.4. The molecular formula is C19H21BrClN3O2. The number of nitrogens with one attached hydrogen (secondary N) is 2. The fourth-order valence-corrected chi connectivity index (χ4v) is 2.93. The minimum absolute atomic E-state index is 0.115. The number of hydrogen-bond acceptors (Lipinski definition) is 3. The van der Waals surface area contributed by atoms with Crippen molar-refractivity contribution in [2.45, 2.75) is 13.0 Å². The Bertz CT molecular complexity index is 768. The molecule has 138 valence electrons. The van der Waals surface area contributed by atoms with Gasteiger partial charge in [-0.25, -0.2) is 0 Å². The molecule has 0 heterocycles. The van der Waals surface area contributed by atoms with Gasteiger partial charge >= 0.3 is 0 Å². The van der Waals surface area contributed by atoms with Gasteiger partial charge in [0.2, 0.25) is 11.8 Å². The van der Waals surface area contributed by atoms with Crippen LogP contribution < -0.4 is 10.6 Å². The van der Waals surface area contributed by atoms with Gasteiger partial charge in [0.05, 0.1) is 24.8 Å². The molecule has 1 atom stereocenters. The number of anilines is 1. The molecule has 0 fully saturated rings. The van der Waals surface area contributed by atoms with E-state index >= 15 is 0 Å². The van der Waals surface area contributed by atoms with Crippen molar-refractivity contribution in [3.63, 3.8) is 0 Å². The van der Waals surface area contributed by atoms with Crippen molar-refractivity contribution in [3.05, 3.63) is 63.6 Å². The first-order valence-electron chi connectivity index (χ1n) is 8.13. The number of nitrogens with zero attached hydrogens (tertiary/aromatic N) is 1. The zero-order valence-corrected chi connectivity index (χ0v) is 17.0. The molecule has 0 spiro atoms. The van der Waals surface area contributed by atoms with Crippen LogP contribution in [0.4, 0.5) is 5.69 Å². The molecule has 2 N–H and O–H groups in total. The van der Waals surface area contributed by atoms with Crippen LogP contribution in [-0.2, 0) is 9.59 Å². The molecule has 0 aliphatic rings. The maximum Gasteiger partial charge on any atom is 0.238 e. The lowest BCUT2D eigenvalue weighted by Gasteiger charge is -2.19. The Hall–Kier alpha value is -1.89. The fraction of sp³-hybridized carbons (Fsp3) is 0.263. The van der Waals surface area contributed by atoms with E-state index < -0.39 is 0 Å². The molecule has 0 bridgehead atoms. The van der Waals surface area contributed by atoms with Crippen molar-refractivity contribution in [1.82, 2.24) is 10.2 Å². The van der Waals surface area contributed by atoms with Gasteiger partial charge < -0.3 is 10.6 Å². The lowest BCUT2D eigenvalue weighted by molar-refractivity contribution is -0.123. The number of para-hydroxylation sites is 1. The Kier molecular flexibility index (Phi) is 7.63. The van der Waals surface area contributed by atoms with Crippen LogP contribution in [0, 0.1) is 0 Å². The third-order valence-corrected chi connectivity index (χ3v) is 4.67. The second kappa shape index (κ2) is 9.71. The molecule has 5 nitrogen and oxygen atoms in total. The Morgan fingerprint density at radius 2 is 1.69 bits per heavy atom. The second-order valence-corrected chi connectivity index (χ2v) is 7.33. The standard InChI is InChI=1S/C19H21BrClN3O2/c1-13(14-7-9-15(21)10-8-14)22-18(25)11-24(2)12-19(26)23-17-6-4-3-5-16(17)20/h3-10,13H,11-12H2,1-2H3,(H,22,25)(H,23,26). The molecule has 0 aliphatic heterocycles. The summed E-state index contributed by atoms with van der Waals surface area (Å²) in [5.74, 6) is -0.332. The van der Waals surface area contributed by atoms with Crippen LogP contribution in [-0.4, -0.2) is 36.9 Å². The summed E-state index contributed by atoms with van der Waals surface area (Å²) in [6.07, 6.45) is 0. The molecule has 0 saturated carbocycles. The van der Waals surface area contributed by atoms with Crippen LogP contribution in [0.3, 0.4) is 0 Å². The van der Waals surface area contributed by atoms with Gasteiger partial charge in [-0.2, -0.15) is 0 Å². The van der Waals surface area contributed by atoms with E-state index in [1.165, 1.54) is 0 Å². The average Bonchev–Trinajstić information content (AvgIpc) is 2.57. The molecule has 0 aliphatic carbocycles. The predicted octanol–water partition coefficient (Wildman–Crippen LogP) is 3.85. The summed E-state index contributed by atoms with van der Waals surface area (Å²) in [7, 11) is 1.73. The van der Waals surface area contributed by atoms with Crippen LogP contribution in [0.25, 0.3) is 0 Å². The molecule has 2 aromatic carbocycles.